The van der Waals surface area contributed by atoms with E-state index in [9.17, 15) is 4.79 Å². The van der Waals surface area contributed by atoms with Crippen molar-refractivity contribution in [1.29, 1.82) is 0 Å². The number of ether oxygens (including phenoxy) is 2. The average Bonchev–Trinajstić information content (AvgIpc) is 2.31. The summed E-state index contributed by atoms with van der Waals surface area (Å²) >= 11 is 0. The Bertz CT molecular complexity index is 241. The first-order valence-electron chi connectivity index (χ1n) is 6.49. The van der Waals surface area contributed by atoms with E-state index in [-0.39, 0.29) is 24.6 Å². The molecule has 1 aliphatic rings. The maximum Gasteiger partial charge on any atom is 0.308 e. The second-order valence-electron chi connectivity index (χ2n) is 5.18. The zero-order valence-electron chi connectivity index (χ0n) is 11.1. The van der Waals surface area contributed by atoms with Crippen molar-refractivity contribution in [2.45, 2.75) is 51.7 Å². The van der Waals surface area contributed by atoms with Crippen molar-refractivity contribution in [1.82, 2.24) is 0 Å². The predicted molar refractivity (Wildman–Crippen MR) is 66.5 cm³/mol. The van der Waals surface area contributed by atoms with Crippen LogP contribution >= 0.6 is 0 Å². The molecule has 100 valence electrons. The van der Waals surface area contributed by atoms with Crippen molar-refractivity contribution in [2.75, 3.05) is 13.7 Å². The summed E-state index contributed by atoms with van der Waals surface area (Å²) in [5.74, 6) is 1.18. The molecule has 0 amide bonds. The van der Waals surface area contributed by atoms with Gasteiger partial charge in [0, 0.05) is 13.7 Å². The van der Waals surface area contributed by atoms with Crippen LogP contribution in [0.5, 0.6) is 0 Å². The van der Waals surface area contributed by atoms with Gasteiger partial charge in [0.25, 0.3) is 0 Å². The highest BCUT2D eigenvalue weighted by atomic mass is 16.5. The molecule has 0 heterocycles. The smallest absolute Gasteiger partial charge is 0.308 e. The van der Waals surface area contributed by atoms with Crippen LogP contribution in [0.4, 0.5) is 0 Å². The van der Waals surface area contributed by atoms with Crippen LogP contribution in [0.3, 0.4) is 0 Å². The molecule has 1 fully saturated rings. The molecule has 0 saturated heterocycles. The van der Waals surface area contributed by atoms with Gasteiger partial charge in [-0.3, -0.25) is 4.79 Å². The molecule has 0 bridgehead atoms. The van der Waals surface area contributed by atoms with Crippen molar-refractivity contribution >= 4 is 5.97 Å². The van der Waals surface area contributed by atoms with Crippen LogP contribution in [0.1, 0.15) is 39.5 Å². The van der Waals surface area contributed by atoms with Gasteiger partial charge in [0.1, 0.15) is 6.10 Å². The molecule has 4 heteroatoms. The fourth-order valence-corrected chi connectivity index (χ4v) is 2.29. The number of esters is 1. The van der Waals surface area contributed by atoms with E-state index in [0.717, 1.165) is 25.2 Å². The van der Waals surface area contributed by atoms with Crippen LogP contribution in [0.15, 0.2) is 0 Å². The molecule has 0 aromatic carbocycles. The predicted octanol–water partition coefficient (Wildman–Crippen LogP) is 1.72. The van der Waals surface area contributed by atoms with Gasteiger partial charge in [-0.15, -0.1) is 0 Å². The Morgan fingerprint density at radius 2 is 2.06 bits per heavy atom. The third-order valence-electron chi connectivity index (χ3n) is 3.84. The van der Waals surface area contributed by atoms with E-state index < -0.39 is 0 Å². The molecular weight excluding hydrogens is 218 g/mol. The fraction of sp³-hybridized carbons (Fsp3) is 0.923. The van der Waals surface area contributed by atoms with Crippen molar-refractivity contribution in [3.05, 3.63) is 0 Å². The summed E-state index contributed by atoms with van der Waals surface area (Å²) < 4.78 is 10.5. The lowest BCUT2D eigenvalue weighted by Gasteiger charge is -2.31. The van der Waals surface area contributed by atoms with E-state index in [1.54, 1.807) is 7.11 Å². The van der Waals surface area contributed by atoms with Crippen LogP contribution in [0.25, 0.3) is 0 Å². The van der Waals surface area contributed by atoms with E-state index >= 15 is 0 Å². The third kappa shape index (κ3) is 4.64. The number of hydrogen-bond donors (Lipinski definition) is 1. The molecule has 2 N–H and O–H groups in total. The summed E-state index contributed by atoms with van der Waals surface area (Å²) in [6.45, 7) is 4.84. The summed E-state index contributed by atoms with van der Waals surface area (Å²) in [7, 11) is 1.56. The zero-order chi connectivity index (χ0) is 12.8. The Balaban J connectivity index is 2.31. The van der Waals surface area contributed by atoms with Gasteiger partial charge in [0.2, 0.25) is 0 Å². The molecule has 4 atom stereocenters. The molecule has 0 radical (unpaired) electrons. The number of hydrogen-bond acceptors (Lipinski definition) is 4. The highest BCUT2D eigenvalue weighted by Crippen LogP contribution is 2.31. The summed E-state index contributed by atoms with van der Waals surface area (Å²) in [6, 6.07) is 0. The molecule has 4 nitrogen and oxygen atoms in total. The lowest BCUT2D eigenvalue weighted by molar-refractivity contribution is -0.154. The molecule has 0 aromatic heterocycles. The molecule has 0 aliphatic heterocycles. The lowest BCUT2D eigenvalue weighted by Crippen LogP contribution is -2.31. The highest BCUT2D eigenvalue weighted by molar-refractivity contribution is 5.70. The summed E-state index contributed by atoms with van der Waals surface area (Å²) in [4.78, 5) is 11.7. The summed E-state index contributed by atoms with van der Waals surface area (Å²) in [5, 5.41) is 0. The Morgan fingerprint density at radius 1 is 1.35 bits per heavy atom. The molecule has 1 saturated carbocycles. The topological polar surface area (TPSA) is 61.5 Å². The van der Waals surface area contributed by atoms with Crippen LogP contribution < -0.4 is 5.73 Å². The fourth-order valence-electron chi connectivity index (χ4n) is 2.29. The van der Waals surface area contributed by atoms with Gasteiger partial charge in [-0.2, -0.15) is 0 Å². The van der Waals surface area contributed by atoms with Crippen molar-refractivity contribution in [3.8, 4) is 0 Å². The van der Waals surface area contributed by atoms with Crippen LogP contribution in [-0.4, -0.2) is 31.8 Å². The molecule has 4 unspecified atom stereocenters. The van der Waals surface area contributed by atoms with Crippen molar-refractivity contribution in [2.24, 2.45) is 17.6 Å². The Hall–Kier alpha value is -0.610. The second kappa shape index (κ2) is 6.97. The SMILES string of the molecule is COC(CN)CC(=O)OC1CCC(C)C(C)C1. The van der Waals surface area contributed by atoms with Gasteiger partial charge in [-0.25, -0.2) is 0 Å². The van der Waals surface area contributed by atoms with E-state index in [0.29, 0.717) is 12.5 Å². The first kappa shape index (κ1) is 14.5. The number of methoxy groups -OCH3 is 1. The Kier molecular flexibility index (Phi) is 5.92. The zero-order valence-corrected chi connectivity index (χ0v) is 11.1. The molecule has 1 aliphatic carbocycles. The van der Waals surface area contributed by atoms with Crippen molar-refractivity contribution < 1.29 is 14.3 Å². The van der Waals surface area contributed by atoms with Crippen LogP contribution in [0, 0.1) is 11.8 Å². The first-order chi connectivity index (χ1) is 8.06. The first-order valence-corrected chi connectivity index (χ1v) is 6.49. The highest BCUT2D eigenvalue weighted by Gasteiger charge is 2.27. The quantitative estimate of drug-likeness (QED) is 0.747. The minimum absolute atomic E-state index is 0.0870. The largest absolute Gasteiger partial charge is 0.462 e. The standard InChI is InChI=1S/C13H25NO3/c1-9-4-5-11(6-10(9)2)17-13(15)7-12(8-14)16-3/h9-12H,4-8,14H2,1-3H3. The monoisotopic (exact) mass is 243 g/mol. The van der Waals surface area contributed by atoms with E-state index in [2.05, 4.69) is 13.8 Å². The Morgan fingerprint density at radius 3 is 2.59 bits per heavy atom. The van der Waals surface area contributed by atoms with Gasteiger partial charge in [0.15, 0.2) is 0 Å². The number of carbonyl (C=O) groups excluding carboxylic acids is 1. The minimum atomic E-state index is -0.220. The normalized spacial score (nSPS) is 30.9. The van der Waals surface area contributed by atoms with Crippen LogP contribution in [0.2, 0.25) is 0 Å². The van der Waals surface area contributed by atoms with Gasteiger partial charge >= 0.3 is 5.97 Å². The average molecular weight is 243 g/mol. The molecule has 0 spiro atoms. The summed E-state index contributed by atoms with van der Waals surface area (Å²) in [6.07, 6.45) is 3.23. The van der Waals surface area contributed by atoms with Gasteiger partial charge in [-0.05, 0) is 31.1 Å². The lowest BCUT2D eigenvalue weighted by atomic mass is 9.80. The maximum absolute atomic E-state index is 11.7. The van der Waals surface area contributed by atoms with Gasteiger partial charge in [-0.1, -0.05) is 13.8 Å². The molecular formula is C13H25NO3. The summed E-state index contributed by atoms with van der Waals surface area (Å²) in [5.41, 5.74) is 5.47. The second-order valence-corrected chi connectivity index (χ2v) is 5.18. The van der Waals surface area contributed by atoms with Gasteiger partial charge in [0.05, 0.1) is 12.5 Å². The van der Waals surface area contributed by atoms with E-state index in [1.165, 1.54) is 0 Å². The van der Waals surface area contributed by atoms with Crippen LogP contribution in [-0.2, 0) is 14.3 Å². The van der Waals surface area contributed by atoms with E-state index in [4.69, 9.17) is 15.2 Å². The number of nitrogens with two attached hydrogens (primary N) is 1. The van der Waals surface area contributed by atoms with E-state index in [1.807, 2.05) is 0 Å². The molecule has 17 heavy (non-hydrogen) atoms. The number of carbonyl (C=O) groups is 1. The molecule has 0 aromatic rings. The Labute approximate surface area is 104 Å². The molecule has 1 rings (SSSR count). The third-order valence-corrected chi connectivity index (χ3v) is 3.84. The van der Waals surface area contributed by atoms with Gasteiger partial charge < -0.3 is 15.2 Å². The minimum Gasteiger partial charge on any atom is -0.462 e. The number of rotatable bonds is 5. The van der Waals surface area contributed by atoms with Crippen molar-refractivity contribution in [3.63, 3.8) is 0 Å². The maximum atomic E-state index is 11.7.